The molecular weight excluding hydrogens is 447 g/mol. The molecule has 0 radical (unpaired) electrons. The second-order valence-electron chi connectivity index (χ2n) is 7.83. The number of sulfone groups is 1. The summed E-state index contributed by atoms with van der Waals surface area (Å²) in [5, 5.41) is 2.58. The number of alkyl halides is 3. The van der Waals surface area contributed by atoms with Crippen molar-refractivity contribution in [2.24, 2.45) is 5.41 Å². The maximum atomic E-state index is 12.8. The zero-order valence-electron chi connectivity index (χ0n) is 14.6. The van der Waals surface area contributed by atoms with Crippen LogP contribution in [-0.4, -0.2) is 31.8 Å². The number of rotatable bonds is 5. The van der Waals surface area contributed by atoms with E-state index in [2.05, 4.69) is 21.2 Å². The van der Waals surface area contributed by atoms with Gasteiger partial charge in [0.2, 0.25) is 5.91 Å². The first-order chi connectivity index (χ1) is 12.4. The van der Waals surface area contributed by atoms with Gasteiger partial charge in [-0.3, -0.25) is 4.79 Å². The van der Waals surface area contributed by atoms with Crippen molar-refractivity contribution in [1.29, 1.82) is 0 Å². The number of amides is 1. The number of carbonyl (C=O) groups is 1. The van der Waals surface area contributed by atoms with Gasteiger partial charge >= 0.3 is 6.18 Å². The molecule has 3 aliphatic rings. The second-order valence-corrected chi connectivity index (χ2v) is 10.7. The minimum absolute atomic E-state index is 0.0359. The van der Waals surface area contributed by atoms with Crippen LogP contribution in [0.3, 0.4) is 0 Å². The van der Waals surface area contributed by atoms with E-state index < -0.39 is 33.9 Å². The fraction of sp³-hybridized carbons (Fsp3) is 0.611. The first-order valence-electron chi connectivity index (χ1n) is 8.79. The summed E-state index contributed by atoms with van der Waals surface area (Å²) in [6, 6.07) is 6.52. The van der Waals surface area contributed by atoms with Crippen molar-refractivity contribution in [3.8, 4) is 0 Å². The summed E-state index contributed by atoms with van der Waals surface area (Å²) >= 11 is 3.29. The highest BCUT2D eigenvalue weighted by atomic mass is 79.9. The average Bonchev–Trinajstić information content (AvgIpc) is 2.54. The predicted octanol–water partition coefficient (Wildman–Crippen LogP) is 4.38. The third-order valence-electron chi connectivity index (χ3n) is 5.84. The fourth-order valence-corrected chi connectivity index (χ4v) is 6.54. The zero-order valence-corrected chi connectivity index (χ0v) is 17.0. The predicted molar refractivity (Wildman–Crippen MR) is 97.9 cm³/mol. The van der Waals surface area contributed by atoms with Crippen LogP contribution in [0.1, 0.15) is 44.9 Å². The molecule has 9 heteroatoms. The largest absolute Gasteiger partial charge is 0.397 e. The molecule has 3 aliphatic carbocycles. The zero-order chi connectivity index (χ0) is 19.9. The highest BCUT2D eigenvalue weighted by molar-refractivity contribution is 9.10. The highest BCUT2D eigenvalue weighted by Crippen LogP contribution is 2.53. The van der Waals surface area contributed by atoms with Crippen LogP contribution in [0.5, 0.6) is 0 Å². The molecule has 0 aliphatic heterocycles. The van der Waals surface area contributed by atoms with Crippen LogP contribution in [0.25, 0.3) is 0 Å². The summed E-state index contributed by atoms with van der Waals surface area (Å²) in [4.78, 5) is 12.0. The number of benzene rings is 1. The molecule has 0 unspecified atom stereocenters. The van der Waals surface area contributed by atoms with Crippen molar-refractivity contribution >= 4 is 31.7 Å². The lowest BCUT2D eigenvalue weighted by Crippen LogP contribution is -2.58. The van der Waals surface area contributed by atoms with Crippen LogP contribution < -0.4 is 5.32 Å². The monoisotopic (exact) mass is 467 g/mol. The van der Waals surface area contributed by atoms with Gasteiger partial charge in [0.05, 0.1) is 10.6 Å². The number of hydrogen-bond acceptors (Lipinski definition) is 3. The van der Waals surface area contributed by atoms with Crippen LogP contribution in [0.4, 0.5) is 13.2 Å². The van der Waals surface area contributed by atoms with Crippen molar-refractivity contribution in [3.05, 3.63) is 28.7 Å². The van der Waals surface area contributed by atoms with E-state index in [9.17, 15) is 26.4 Å². The molecule has 0 atom stereocenters. The molecule has 150 valence electrons. The topological polar surface area (TPSA) is 63.2 Å². The molecule has 0 saturated heterocycles. The summed E-state index contributed by atoms with van der Waals surface area (Å²) in [5.74, 6) is -0.965. The lowest BCUT2D eigenvalue weighted by atomic mass is 9.58. The highest BCUT2D eigenvalue weighted by Gasteiger charge is 2.51. The van der Waals surface area contributed by atoms with Crippen LogP contribution in [-0.2, 0) is 14.6 Å². The van der Waals surface area contributed by atoms with E-state index in [1.807, 2.05) is 0 Å². The minimum Gasteiger partial charge on any atom is -0.350 e. The van der Waals surface area contributed by atoms with E-state index in [4.69, 9.17) is 0 Å². The van der Waals surface area contributed by atoms with Crippen LogP contribution in [0.15, 0.2) is 33.6 Å². The van der Waals surface area contributed by atoms with E-state index in [0.717, 1.165) is 4.47 Å². The van der Waals surface area contributed by atoms with Crippen molar-refractivity contribution in [2.45, 2.75) is 61.6 Å². The van der Waals surface area contributed by atoms with E-state index in [1.54, 1.807) is 24.3 Å². The van der Waals surface area contributed by atoms with Gasteiger partial charge in [0.1, 0.15) is 6.42 Å². The minimum atomic E-state index is -4.52. The van der Waals surface area contributed by atoms with Gasteiger partial charge in [-0.2, -0.15) is 13.2 Å². The third kappa shape index (κ3) is 4.85. The van der Waals surface area contributed by atoms with Crippen molar-refractivity contribution in [2.75, 3.05) is 5.75 Å². The van der Waals surface area contributed by atoms with Gasteiger partial charge in [0.15, 0.2) is 9.84 Å². The Morgan fingerprint density at radius 3 is 2.04 bits per heavy atom. The molecule has 0 heterocycles. The van der Waals surface area contributed by atoms with E-state index >= 15 is 0 Å². The van der Waals surface area contributed by atoms with Gasteiger partial charge in [0, 0.05) is 10.0 Å². The molecule has 3 fully saturated rings. The molecule has 27 heavy (non-hydrogen) atoms. The molecule has 4 nitrogen and oxygen atoms in total. The first kappa shape index (κ1) is 20.6. The van der Waals surface area contributed by atoms with Crippen molar-refractivity contribution < 1.29 is 26.4 Å². The van der Waals surface area contributed by atoms with Gasteiger partial charge in [-0.25, -0.2) is 8.42 Å². The van der Waals surface area contributed by atoms with Crippen LogP contribution in [0, 0.1) is 5.41 Å². The Morgan fingerprint density at radius 2 is 1.56 bits per heavy atom. The summed E-state index contributed by atoms with van der Waals surface area (Å²) < 4.78 is 63.6. The average molecular weight is 468 g/mol. The molecule has 2 bridgehead atoms. The second kappa shape index (κ2) is 7.06. The van der Waals surface area contributed by atoms with E-state index in [1.165, 1.54) is 0 Å². The van der Waals surface area contributed by atoms with E-state index in [0.29, 0.717) is 38.5 Å². The Hall–Kier alpha value is -1.09. The Kier molecular flexibility index (Phi) is 5.40. The molecule has 1 aromatic carbocycles. The maximum Gasteiger partial charge on any atom is 0.397 e. The van der Waals surface area contributed by atoms with Gasteiger partial charge in [0.25, 0.3) is 0 Å². The van der Waals surface area contributed by atoms with Crippen molar-refractivity contribution in [3.63, 3.8) is 0 Å². The standard InChI is InChI=1S/C18H21BrF3NO3S/c19-13-1-3-14(4-2-13)27(25,26)12-16-5-8-17(9-6-16,10-7-16)23-15(24)11-18(20,21)22/h1-4H,5-12H2,(H,23,24). The van der Waals surface area contributed by atoms with Gasteiger partial charge < -0.3 is 5.32 Å². The molecule has 1 amide bonds. The Balaban J connectivity index is 1.65. The quantitative estimate of drug-likeness (QED) is 0.698. The molecule has 1 aromatic rings. The maximum absolute atomic E-state index is 12.8. The van der Waals surface area contributed by atoms with Gasteiger partial charge in [-0.15, -0.1) is 0 Å². The summed E-state index contributed by atoms with van der Waals surface area (Å²) in [7, 11) is -3.45. The Bertz CT molecular complexity index is 797. The Labute approximate surface area is 164 Å². The molecular formula is C18H21BrF3NO3S. The van der Waals surface area contributed by atoms with Crippen LogP contribution in [0.2, 0.25) is 0 Å². The third-order valence-corrected chi connectivity index (χ3v) is 8.35. The normalized spacial score (nSPS) is 28.1. The molecule has 1 N–H and O–H groups in total. The number of fused-ring (bicyclic) bond motifs is 3. The van der Waals surface area contributed by atoms with Crippen LogP contribution >= 0.6 is 15.9 Å². The lowest BCUT2D eigenvalue weighted by Gasteiger charge is -2.53. The molecule has 0 aromatic heterocycles. The summed E-state index contributed by atoms with van der Waals surface area (Å²) in [5.41, 5.74) is -0.978. The van der Waals surface area contributed by atoms with Gasteiger partial charge in [-0.05, 0) is 68.2 Å². The molecule has 3 saturated carbocycles. The molecule has 4 rings (SSSR count). The lowest BCUT2D eigenvalue weighted by molar-refractivity contribution is -0.156. The summed E-state index contributed by atoms with van der Waals surface area (Å²) in [6.07, 6.45) is -2.66. The number of halogens is 4. The van der Waals surface area contributed by atoms with Crippen molar-refractivity contribution in [1.82, 2.24) is 5.32 Å². The fourth-order valence-electron chi connectivity index (χ4n) is 4.32. The smallest absolute Gasteiger partial charge is 0.350 e. The van der Waals surface area contributed by atoms with E-state index in [-0.39, 0.29) is 16.1 Å². The molecule has 0 spiro atoms. The number of nitrogens with one attached hydrogen (secondary N) is 1. The number of carbonyl (C=O) groups excluding carboxylic acids is 1. The SMILES string of the molecule is O=C(CC(F)(F)F)NC12CCC(CS(=O)(=O)c3ccc(Br)cc3)(CC1)CC2. The summed E-state index contributed by atoms with van der Waals surface area (Å²) in [6.45, 7) is 0. The number of hydrogen-bond donors (Lipinski definition) is 1. The first-order valence-corrected chi connectivity index (χ1v) is 11.2. The van der Waals surface area contributed by atoms with Gasteiger partial charge in [-0.1, -0.05) is 15.9 Å². The Morgan fingerprint density at radius 1 is 1.04 bits per heavy atom.